The molecule has 2 heterocycles. The number of para-hydroxylation sites is 1. The van der Waals surface area contributed by atoms with Gasteiger partial charge < -0.3 is 10.1 Å². The molecule has 1 N–H and O–H groups in total. The van der Waals surface area contributed by atoms with Crippen molar-refractivity contribution in [2.45, 2.75) is 64.5 Å². The summed E-state index contributed by atoms with van der Waals surface area (Å²) < 4.78 is 32.2. The first kappa shape index (κ1) is 21.1. The zero-order chi connectivity index (χ0) is 20.4. The average molecular weight is 409 g/mol. The van der Waals surface area contributed by atoms with Gasteiger partial charge in [0.25, 0.3) is 0 Å². The van der Waals surface area contributed by atoms with Gasteiger partial charge in [-0.15, -0.1) is 0 Å². The van der Waals surface area contributed by atoms with Crippen molar-refractivity contribution in [2.24, 2.45) is 5.92 Å². The Morgan fingerprint density at radius 1 is 1.25 bits per heavy atom. The van der Waals surface area contributed by atoms with Crippen LogP contribution in [0.25, 0.3) is 0 Å². The van der Waals surface area contributed by atoms with Crippen molar-refractivity contribution >= 4 is 15.9 Å². The highest BCUT2D eigenvalue weighted by atomic mass is 32.2. The number of amides is 1. The fraction of sp³-hybridized carbons (Fsp3) is 0.667. The van der Waals surface area contributed by atoms with E-state index in [0.29, 0.717) is 6.54 Å². The fourth-order valence-corrected chi connectivity index (χ4v) is 5.49. The lowest BCUT2D eigenvalue weighted by Crippen LogP contribution is -2.49. The number of piperidine rings is 1. The zero-order valence-electron chi connectivity index (χ0n) is 17.1. The van der Waals surface area contributed by atoms with Crippen molar-refractivity contribution in [1.82, 2.24) is 9.62 Å². The lowest BCUT2D eigenvalue weighted by molar-refractivity contribution is -0.127. The lowest BCUT2D eigenvalue weighted by Gasteiger charge is -2.42. The molecule has 28 heavy (non-hydrogen) atoms. The zero-order valence-corrected chi connectivity index (χ0v) is 17.9. The highest BCUT2D eigenvalue weighted by Crippen LogP contribution is 2.42. The molecular formula is C21H32N2O4S. The maximum atomic E-state index is 13.1. The van der Waals surface area contributed by atoms with Crippen LogP contribution in [0.1, 0.15) is 64.5 Å². The number of carbonyl (C=O) groups is 1. The molecule has 0 unspecified atom stereocenters. The van der Waals surface area contributed by atoms with Crippen LogP contribution in [-0.2, 0) is 14.8 Å². The number of carbonyl (C=O) groups excluding carboxylic acids is 1. The summed E-state index contributed by atoms with van der Waals surface area (Å²) in [6.45, 7) is 6.66. The second-order valence-electron chi connectivity index (χ2n) is 7.89. The normalized spacial score (nSPS) is 24.8. The summed E-state index contributed by atoms with van der Waals surface area (Å²) in [7, 11) is -3.26. The van der Waals surface area contributed by atoms with Crippen LogP contribution in [0.5, 0.6) is 5.75 Å². The molecule has 0 aliphatic carbocycles. The Hall–Kier alpha value is -1.60. The summed E-state index contributed by atoms with van der Waals surface area (Å²) >= 11 is 0. The Labute approximate surface area is 168 Å². The van der Waals surface area contributed by atoms with Crippen molar-refractivity contribution in [2.75, 3.05) is 18.8 Å². The van der Waals surface area contributed by atoms with Gasteiger partial charge in [-0.05, 0) is 38.7 Å². The van der Waals surface area contributed by atoms with Gasteiger partial charge in [0.2, 0.25) is 15.9 Å². The molecule has 6 nitrogen and oxygen atoms in total. The summed E-state index contributed by atoms with van der Waals surface area (Å²) in [6.07, 6.45) is 3.91. The number of ether oxygens (including phenoxy) is 1. The number of hydrogen-bond donors (Lipinski definition) is 1. The Morgan fingerprint density at radius 2 is 1.96 bits per heavy atom. The van der Waals surface area contributed by atoms with Crippen molar-refractivity contribution in [3.8, 4) is 5.75 Å². The molecule has 3 rings (SSSR count). The Kier molecular flexibility index (Phi) is 6.34. The van der Waals surface area contributed by atoms with Crippen LogP contribution in [0.4, 0.5) is 0 Å². The maximum Gasteiger partial charge on any atom is 0.224 e. The van der Waals surface area contributed by atoms with Crippen molar-refractivity contribution in [1.29, 1.82) is 0 Å². The van der Waals surface area contributed by atoms with E-state index in [-0.39, 0.29) is 35.8 Å². The smallest absolute Gasteiger partial charge is 0.224 e. The molecule has 156 valence electrons. The second kappa shape index (κ2) is 8.41. The molecule has 0 radical (unpaired) electrons. The number of nitrogens with zero attached hydrogens (tertiary/aromatic N) is 1. The Morgan fingerprint density at radius 3 is 2.64 bits per heavy atom. The van der Waals surface area contributed by atoms with Gasteiger partial charge >= 0.3 is 0 Å². The maximum absolute atomic E-state index is 13.1. The molecule has 7 heteroatoms. The molecule has 0 aromatic heterocycles. The van der Waals surface area contributed by atoms with Gasteiger partial charge in [0.05, 0.1) is 17.7 Å². The highest BCUT2D eigenvalue weighted by molar-refractivity contribution is 7.89. The Bertz CT molecular complexity index is 804. The monoisotopic (exact) mass is 408 g/mol. The van der Waals surface area contributed by atoms with Gasteiger partial charge in [-0.3, -0.25) is 4.79 Å². The first-order valence-corrected chi connectivity index (χ1v) is 12.0. The number of rotatable bonds is 6. The number of nitrogens with one attached hydrogen (secondary N) is 1. The molecular weight excluding hydrogens is 376 g/mol. The number of hydrogen-bond acceptors (Lipinski definition) is 4. The first-order chi connectivity index (χ1) is 13.3. The van der Waals surface area contributed by atoms with Crippen LogP contribution in [0, 0.1) is 5.92 Å². The number of benzene rings is 1. The minimum absolute atomic E-state index is 0.0567. The quantitative estimate of drug-likeness (QED) is 0.784. The predicted octanol–water partition coefficient (Wildman–Crippen LogP) is 3.25. The van der Waals surface area contributed by atoms with Gasteiger partial charge in [-0.2, -0.15) is 0 Å². The van der Waals surface area contributed by atoms with Crippen molar-refractivity contribution in [3.63, 3.8) is 0 Å². The van der Waals surface area contributed by atoms with Gasteiger partial charge in [0.1, 0.15) is 11.4 Å². The number of fused-ring (bicyclic) bond motifs is 1. The van der Waals surface area contributed by atoms with Crippen molar-refractivity contribution in [3.05, 3.63) is 29.8 Å². The largest absolute Gasteiger partial charge is 0.487 e. The minimum Gasteiger partial charge on any atom is -0.487 e. The summed E-state index contributed by atoms with van der Waals surface area (Å²) in [5.74, 6) is 0.549. The van der Waals surface area contributed by atoms with Gasteiger partial charge in [0, 0.05) is 25.1 Å². The van der Waals surface area contributed by atoms with E-state index in [1.807, 2.05) is 24.3 Å². The minimum atomic E-state index is -3.26. The molecule has 0 spiro atoms. The van der Waals surface area contributed by atoms with E-state index in [4.69, 9.17) is 4.74 Å². The fourth-order valence-electron chi connectivity index (χ4n) is 4.31. The lowest BCUT2D eigenvalue weighted by atomic mass is 9.83. The summed E-state index contributed by atoms with van der Waals surface area (Å²) in [5, 5.41) is 3.22. The molecule has 1 fully saturated rings. The molecule has 1 saturated heterocycles. The molecule has 0 saturated carbocycles. The topological polar surface area (TPSA) is 75.7 Å². The molecule has 2 aliphatic rings. The van der Waals surface area contributed by atoms with Crippen LogP contribution < -0.4 is 10.1 Å². The standard InChI is InChI=1S/C21H32N2O4S/c1-4-21(5-2)14-18(17-11-7-8-12-19(17)27-21)22-20(24)16-10-9-13-23(15-16)28(25,26)6-3/h7-8,11-12,16,18H,4-6,9-10,13-15H2,1-3H3,(H,22,24)/t16-,18-/m0/s1. The van der Waals surface area contributed by atoms with Crippen LogP contribution in [-0.4, -0.2) is 43.1 Å². The third kappa shape index (κ3) is 4.20. The first-order valence-electron chi connectivity index (χ1n) is 10.4. The van der Waals surface area contributed by atoms with Crippen LogP contribution in [0.15, 0.2) is 24.3 Å². The van der Waals surface area contributed by atoms with Crippen LogP contribution in [0.3, 0.4) is 0 Å². The number of sulfonamides is 1. The van der Waals surface area contributed by atoms with Crippen molar-refractivity contribution < 1.29 is 17.9 Å². The molecule has 2 aliphatic heterocycles. The van der Waals surface area contributed by atoms with E-state index in [1.54, 1.807) is 6.92 Å². The summed E-state index contributed by atoms with van der Waals surface area (Å²) in [5.41, 5.74) is 0.721. The average Bonchev–Trinajstić information content (AvgIpc) is 2.73. The summed E-state index contributed by atoms with van der Waals surface area (Å²) in [6, 6.07) is 7.76. The van der Waals surface area contributed by atoms with E-state index < -0.39 is 10.0 Å². The van der Waals surface area contributed by atoms with Gasteiger partial charge in [-0.1, -0.05) is 32.0 Å². The van der Waals surface area contributed by atoms with Crippen LogP contribution in [0.2, 0.25) is 0 Å². The van der Waals surface area contributed by atoms with E-state index in [1.165, 1.54) is 4.31 Å². The molecule has 1 amide bonds. The molecule has 1 aromatic rings. The van der Waals surface area contributed by atoms with Crippen LogP contribution >= 0.6 is 0 Å². The van der Waals surface area contributed by atoms with Gasteiger partial charge in [-0.25, -0.2) is 12.7 Å². The second-order valence-corrected chi connectivity index (χ2v) is 10.2. The third-order valence-corrected chi connectivity index (χ3v) is 8.16. The van der Waals surface area contributed by atoms with E-state index in [0.717, 1.165) is 43.4 Å². The van der Waals surface area contributed by atoms with E-state index in [2.05, 4.69) is 19.2 Å². The van der Waals surface area contributed by atoms with Gasteiger partial charge in [0.15, 0.2) is 0 Å². The Balaban J connectivity index is 1.77. The molecule has 2 atom stereocenters. The molecule has 1 aromatic carbocycles. The van der Waals surface area contributed by atoms with E-state index >= 15 is 0 Å². The van der Waals surface area contributed by atoms with E-state index in [9.17, 15) is 13.2 Å². The highest BCUT2D eigenvalue weighted by Gasteiger charge is 2.40. The molecule has 0 bridgehead atoms. The third-order valence-electron chi connectivity index (χ3n) is 6.32. The summed E-state index contributed by atoms with van der Waals surface area (Å²) in [4.78, 5) is 13.1. The predicted molar refractivity (Wildman–Crippen MR) is 110 cm³/mol. The SMILES string of the molecule is CCC1(CC)C[C@H](NC(=O)[C@H]2CCCN(S(=O)(=O)CC)C2)c2ccccc2O1.